The van der Waals surface area contributed by atoms with E-state index in [-0.39, 0.29) is 16.8 Å². The van der Waals surface area contributed by atoms with Gasteiger partial charge in [0.15, 0.2) is 5.58 Å². The van der Waals surface area contributed by atoms with Crippen LogP contribution in [0.1, 0.15) is 63.4 Å². The minimum Gasteiger partial charge on any atom is -0.438 e. The van der Waals surface area contributed by atoms with Crippen LogP contribution in [0.25, 0.3) is 11.1 Å². The molecule has 1 aromatic heterocycles. The zero-order valence-corrected chi connectivity index (χ0v) is 23.5. The Morgan fingerprint density at radius 3 is 2.64 bits per heavy atom. The number of aliphatic hydroxyl groups is 1. The molecule has 1 aliphatic rings. The smallest absolute Gasteiger partial charge is 0.282 e. The normalized spacial score (nSPS) is 16.4. The second-order valence-electron chi connectivity index (χ2n) is 9.75. The predicted octanol–water partition coefficient (Wildman–Crippen LogP) is 4.79. The van der Waals surface area contributed by atoms with Gasteiger partial charge in [0.1, 0.15) is 11.6 Å². The third kappa shape index (κ3) is 8.89. The van der Waals surface area contributed by atoms with Crippen molar-refractivity contribution in [1.29, 1.82) is 0 Å². The number of para-hydroxylation sites is 2. The van der Waals surface area contributed by atoms with E-state index in [4.69, 9.17) is 4.42 Å². The number of carbonyl (C=O) groups is 1. The first kappa shape index (κ1) is 29.3. The molecule has 1 saturated carbocycles. The van der Waals surface area contributed by atoms with E-state index in [0.717, 1.165) is 25.7 Å². The number of carbonyl (C=O) groups excluding carboxylic acids is 1. The number of amides is 1. The van der Waals surface area contributed by atoms with Crippen LogP contribution in [0.15, 0.2) is 68.3 Å². The molecule has 0 aliphatic heterocycles. The number of sulfonamides is 1. The van der Waals surface area contributed by atoms with Gasteiger partial charge in [-0.05, 0) is 55.9 Å². The number of aliphatic hydroxyl groups excluding tert-OH is 1. The summed E-state index contributed by atoms with van der Waals surface area (Å²) < 4.78 is 34.0. The van der Waals surface area contributed by atoms with E-state index in [9.17, 15) is 18.3 Å². The Kier molecular flexibility index (Phi) is 11.0. The fourth-order valence-electron chi connectivity index (χ4n) is 4.83. The van der Waals surface area contributed by atoms with Gasteiger partial charge in [0, 0.05) is 24.9 Å². The summed E-state index contributed by atoms with van der Waals surface area (Å²) in [6.45, 7) is 0.451. The first-order valence-corrected chi connectivity index (χ1v) is 15.9. The number of nitrogens with zero attached hydrogens (tertiary/aromatic N) is 2. The number of aromatic nitrogens is 1. The van der Waals surface area contributed by atoms with E-state index >= 15 is 0 Å². The number of thioether (sulfide) groups is 1. The van der Waals surface area contributed by atoms with E-state index in [2.05, 4.69) is 20.0 Å². The lowest BCUT2D eigenvalue weighted by molar-refractivity contribution is -0.122. The maximum atomic E-state index is 12.7. The molecule has 4 rings (SSSR count). The van der Waals surface area contributed by atoms with Crippen molar-refractivity contribution >= 4 is 44.3 Å². The highest BCUT2D eigenvalue weighted by molar-refractivity contribution is 8.12. The largest absolute Gasteiger partial charge is 0.438 e. The van der Waals surface area contributed by atoms with Gasteiger partial charge in [-0.2, -0.15) is 12.8 Å². The van der Waals surface area contributed by atoms with E-state index < -0.39 is 16.1 Å². The highest BCUT2D eigenvalue weighted by Gasteiger charge is 2.25. The first-order chi connectivity index (χ1) is 18.9. The van der Waals surface area contributed by atoms with Gasteiger partial charge in [0.25, 0.3) is 10.0 Å². The van der Waals surface area contributed by atoms with Crippen molar-refractivity contribution in [3.05, 3.63) is 60.5 Å². The maximum absolute atomic E-state index is 12.7. The minimum atomic E-state index is -3.72. The molecule has 2 atom stereocenters. The molecule has 0 radical (unpaired) electrons. The van der Waals surface area contributed by atoms with E-state index in [1.807, 2.05) is 24.3 Å². The molecule has 0 bridgehead atoms. The number of nitrogens with one attached hydrogen (secondary N) is 2. The molecule has 9 nitrogen and oxygen atoms in total. The molecule has 11 heteroatoms. The van der Waals surface area contributed by atoms with Crippen LogP contribution in [0, 0.1) is 5.92 Å². The highest BCUT2D eigenvalue weighted by Crippen LogP contribution is 2.28. The molecule has 210 valence electrons. The zero-order valence-electron chi connectivity index (χ0n) is 21.9. The van der Waals surface area contributed by atoms with Crippen molar-refractivity contribution in [1.82, 2.24) is 15.6 Å². The molecule has 1 fully saturated rings. The predicted molar refractivity (Wildman–Crippen MR) is 154 cm³/mol. The van der Waals surface area contributed by atoms with Gasteiger partial charge in [-0.15, -0.1) is 0 Å². The number of hydrogen-bond donors (Lipinski definition) is 3. The molecular formula is C28H36N4O5S2. The van der Waals surface area contributed by atoms with Crippen molar-refractivity contribution in [2.45, 2.75) is 68.4 Å². The number of fused-ring (bicyclic) bond motifs is 1. The lowest BCUT2D eigenvalue weighted by Gasteiger charge is -2.30. The van der Waals surface area contributed by atoms with Crippen LogP contribution in [0.4, 0.5) is 0 Å². The van der Waals surface area contributed by atoms with Crippen LogP contribution in [0.2, 0.25) is 0 Å². The van der Waals surface area contributed by atoms with E-state index in [1.165, 1.54) is 35.9 Å². The summed E-state index contributed by atoms with van der Waals surface area (Å²) >= 11 is 1.26. The van der Waals surface area contributed by atoms with Crippen LogP contribution in [-0.4, -0.2) is 48.4 Å². The molecule has 1 heterocycles. The minimum absolute atomic E-state index is 0.00210. The summed E-state index contributed by atoms with van der Waals surface area (Å²) in [5, 5.41) is 16.8. The standard InChI is InChI=1S/C28H36N4O5S2/c33-25(28-32-23-14-7-8-16-26(23)37-28)15-9-17-29-27(34)18-24(21-10-3-1-4-11-21)30-19-38-20-31-39(35,36)22-12-5-2-6-13-22/h2,5-8,12-14,16,20-21,24-25,30,33H,1,3-4,9-11,15,17-19H2,(H,29,34). The summed E-state index contributed by atoms with van der Waals surface area (Å²) in [6.07, 6.45) is 6.22. The number of benzene rings is 2. The summed E-state index contributed by atoms with van der Waals surface area (Å²) in [4.78, 5) is 17.2. The average molecular weight is 573 g/mol. The molecule has 1 aliphatic carbocycles. The van der Waals surface area contributed by atoms with Crippen LogP contribution < -0.4 is 10.6 Å². The van der Waals surface area contributed by atoms with Crippen molar-refractivity contribution < 1.29 is 22.7 Å². The Labute approximate surface area is 233 Å². The molecule has 0 saturated heterocycles. The third-order valence-electron chi connectivity index (χ3n) is 6.92. The van der Waals surface area contributed by atoms with E-state index in [0.29, 0.717) is 54.6 Å². The fourth-order valence-corrected chi connectivity index (χ4v) is 6.53. The number of rotatable bonds is 14. The van der Waals surface area contributed by atoms with Gasteiger partial charge in [0.2, 0.25) is 11.8 Å². The lowest BCUT2D eigenvalue weighted by atomic mass is 9.82. The number of oxazole rings is 1. The van der Waals surface area contributed by atoms with Gasteiger partial charge in [-0.3, -0.25) is 4.79 Å². The Morgan fingerprint density at radius 1 is 1.13 bits per heavy atom. The SMILES string of the molecule is O=C(CC(NCSC=NS(=O)(=O)c1ccccc1)C1CCCCC1)NCCCC(O)c1nc2ccccc2o1. The maximum Gasteiger partial charge on any atom is 0.282 e. The number of hydrogen-bond acceptors (Lipinski definition) is 8. The quantitative estimate of drug-likeness (QED) is 0.109. The van der Waals surface area contributed by atoms with Crippen molar-refractivity contribution in [3.8, 4) is 0 Å². The lowest BCUT2D eigenvalue weighted by Crippen LogP contribution is -2.41. The molecule has 3 N–H and O–H groups in total. The molecular weight excluding hydrogens is 536 g/mol. The molecule has 2 aromatic carbocycles. The van der Waals surface area contributed by atoms with Gasteiger partial charge in [0.05, 0.1) is 10.4 Å². The zero-order chi connectivity index (χ0) is 27.5. The molecule has 0 spiro atoms. The van der Waals surface area contributed by atoms with Gasteiger partial charge < -0.3 is 20.2 Å². The second-order valence-corrected chi connectivity index (χ2v) is 12.2. The average Bonchev–Trinajstić information content (AvgIpc) is 3.40. The van der Waals surface area contributed by atoms with Gasteiger partial charge in [-0.1, -0.05) is 61.4 Å². The van der Waals surface area contributed by atoms with Gasteiger partial charge in [-0.25, -0.2) is 4.98 Å². The first-order valence-electron chi connectivity index (χ1n) is 13.4. The topological polar surface area (TPSA) is 134 Å². The summed E-state index contributed by atoms with van der Waals surface area (Å²) in [7, 11) is -3.72. The van der Waals surface area contributed by atoms with Crippen molar-refractivity contribution in [3.63, 3.8) is 0 Å². The fraction of sp³-hybridized carbons (Fsp3) is 0.464. The Hall–Kier alpha value is -2.73. The van der Waals surface area contributed by atoms with Crippen LogP contribution in [0.3, 0.4) is 0 Å². The third-order valence-corrected chi connectivity index (χ3v) is 8.89. The molecule has 2 unspecified atom stereocenters. The van der Waals surface area contributed by atoms with Crippen molar-refractivity contribution in [2.24, 2.45) is 10.3 Å². The molecule has 1 amide bonds. The molecule has 39 heavy (non-hydrogen) atoms. The summed E-state index contributed by atoms with van der Waals surface area (Å²) in [5.41, 5.74) is 2.70. The van der Waals surface area contributed by atoms with Crippen LogP contribution in [-0.2, 0) is 14.8 Å². The van der Waals surface area contributed by atoms with E-state index in [1.54, 1.807) is 18.2 Å². The highest BCUT2D eigenvalue weighted by atomic mass is 32.2. The second kappa shape index (κ2) is 14.6. The molecule has 3 aromatic rings. The Bertz CT molecular complexity index is 1290. The van der Waals surface area contributed by atoms with Gasteiger partial charge >= 0.3 is 0 Å². The summed E-state index contributed by atoms with van der Waals surface area (Å²) in [6, 6.07) is 15.5. The van der Waals surface area contributed by atoms with Crippen molar-refractivity contribution in [2.75, 3.05) is 12.4 Å². The van der Waals surface area contributed by atoms with Crippen LogP contribution in [0.5, 0.6) is 0 Å². The Balaban J connectivity index is 1.21. The Morgan fingerprint density at radius 2 is 1.87 bits per heavy atom. The summed E-state index contributed by atoms with van der Waals surface area (Å²) in [5.74, 6) is 1.11. The monoisotopic (exact) mass is 572 g/mol. The van der Waals surface area contributed by atoms with Crippen LogP contribution >= 0.6 is 11.8 Å².